The predicted molar refractivity (Wildman–Crippen MR) is 125 cm³/mol. The number of carbonyl (C=O) groups is 1. The summed E-state index contributed by atoms with van der Waals surface area (Å²) in [6.45, 7) is 0.596. The van der Waals surface area contributed by atoms with Gasteiger partial charge in [0.15, 0.2) is 5.58 Å². The Morgan fingerprint density at radius 3 is 2.69 bits per heavy atom. The molecular weight excluding hydrogens is 402 g/mol. The van der Waals surface area contributed by atoms with Crippen LogP contribution in [0.1, 0.15) is 53.9 Å². The predicted octanol–water partition coefficient (Wildman–Crippen LogP) is 4.59. The average molecular weight is 430 g/mol. The molecule has 0 bridgehead atoms. The maximum atomic E-state index is 12.4. The Morgan fingerprint density at radius 2 is 1.94 bits per heavy atom. The van der Waals surface area contributed by atoms with Crippen LogP contribution in [0.15, 0.2) is 74.9 Å². The van der Waals surface area contributed by atoms with Gasteiger partial charge in [0.1, 0.15) is 0 Å². The van der Waals surface area contributed by atoms with E-state index in [1.165, 1.54) is 5.56 Å². The van der Waals surface area contributed by atoms with E-state index in [0.29, 0.717) is 29.5 Å². The molecule has 164 valence electrons. The summed E-state index contributed by atoms with van der Waals surface area (Å²) in [7, 11) is 0. The second-order valence-corrected chi connectivity index (χ2v) is 8.82. The number of carbonyl (C=O) groups excluding carboxylic acids is 1. The number of rotatable bonds is 6. The molecule has 5 rings (SSSR count). The summed E-state index contributed by atoms with van der Waals surface area (Å²) in [5, 5.41) is 3.06. The van der Waals surface area contributed by atoms with Gasteiger partial charge in [0.2, 0.25) is 0 Å². The topological polar surface area (TPSA) is 87.5 Å². The molecule has 1 fully saturated rings. The number of fused-ring (bicyclic) bond motifs is 1. The molecule has 3 aromatic rings. The molecule has 2 aromatic carbocycles. The van der Waals surface area contributed by atoms with E-state index < -0.39 is 5.76 Å². The van der Waals surface area contributed by atoms with Crippen molar-refractivity contribution < 1.29 is 9.21 Å². The van der Waals surface area contributed by atoms with Gasteiger partial charge in [-0.2, -0.15) is 0 Å². The van der Waals surface area contributed by atoms with E-state index in [0.717, 1.165) is 37.6 Å². The van der Waals surface area contributed by atoms with Gasteiger partial charge in [-0.3, -0.25) is 14.8 Å². The van der Waals surface area contributed by atoms with Crippen LogP contribution in [0.25, 0.3) is 11.1 Å². The van der Waals surface area contributed by atoms with Crippen molar-refractivity contribution in [3.63, 3.8) is 0 Å². The van der Waals surface area contributed by atoms with Crippen molar-refractivity contribution in [1.82, 2.24) is 10.3 Å². The van der Waals surface area contributed by atoms with Crippen LogP contribution in [-0.4, -0.2) is 29.2 Å². The summed E-state index contributed by atoms with van der Waals surface area (Å²) in [5.41, 5.74) is 3.06. The minimum absolute atomic E-state index is 0.0396. The smallest absolute Gasteiger partial charge is 0.408 e. The van der Waals surface area contributed by atoms with Gasteiger partial charge in [-0.25, -0.2) is 4.79 Å². The molecule has 6 heteroatoms. The van der Waals surface area contributed by atoms with Crippen molar-refractivity contribution in [2.75, 3.05) is 6.54 Å². The summed E-state index contributed by atoms with van der Waals surface area (Å²) < 4.78 is 5.24. The quantitative estimate of drug-likeness (QED) is 0.601. The summed E-state index contributed by atoms with van der Waals surface area (Å²) in [4.78, 5) is 31.4. The highest BCUT2D eigenvalue weighted by atomic mass is 16.4. The van der Waals surface area contributed by atoms with Crippen LogP contribution in [0.5, 0.6) is 0 Å². The number of H-pyrrole nitrogens is 1. The number of nitrogens with zero attached hydrogens (tertiary/aromatic N) is 1. The standard InChI is InChI=1S/C26H27N3O3/c30-24(19-5-2-1-3-6-19)27-16-14-26(13-4-15-28-26)21-10-7-18(8-11-21)20-9-12-22-23(17-20)32-25(31)29-22/h1-6,9,12-13,15,17-18,21H,7-8,10-11,14,16H2,(H,27,30)(H,29,31). The molecule has 1 saturated carbocycles. The lowest BCUT2D eigenvalue weighted by Gasteiger charge is -2.39. The zero-order chi connectivity index (χ0) is 22.0. The Morgan fingerprint density at radius 1 is 1.12 bits per heavy atom. The van der Waals surface area contributed by atoms with Gasteiger partial charge in [0.05, 0.1) is 11.1 Å². The summed E-state index contributed by atoms with van der Waals surface area (Å²) in [6.07, 6.45) is 11.3. The molecule has 0 spiro atoms. The zero-order valence-corrected chi connectivity index (χ0v) is 17.9. The summed E-state index contributed by atoms with van der Waals surface area (Å²) >= 11 is 0. The molecule has 6 nitrogen and oxygen atoms in total. The first-order chi connectivity index (χ1) is 15.6. The molecule has 32 heavy (non-hydrogen) atoms. The number of aromatic nitrogens is 1. The fraction of sp³-hybridized carbons (Fsp3) is 0.346. The number of amides is 1. The molecule has 2 N–H and O–H groups in total. The van der Waals surface area contributed by atoms with Crippen LogP contribution in [0.3, 0.4) is 0 Å². The Bertz CT molecular complexity index is 1200. The Kier molecular flexibility index (Phi) is 5.52. The van der Waals surface area contributed by atoms with Crippen LogP contribution in [0.2, 0.25) is 0 Å². The number of aliphatic imine (C=N–C) groups is 1. The molecule has 2 aliphatic rings. The third-order valence-corrected chi connectivity index (χ3v) is 6.98. The largest absolute Gasteiger partial charge is 0.417 e. The fourth-order valence-corrected chi connectivity index (χ4v) is 5.24. The molecule has 0 saturated heterocycles. The van der Waals surface area contributed by atoms with Gasteiger partial charge in [0, 0.05) is 18.3 Å². The highest BCUT2D eigenvalue weighted by molar-refractivity contribution is 5.94. The molecule has 1 aliphatic carbocycles. The highest BCUT2D eigenvalue weighted by Crippen LogP contribution is 2.44. The molecule has 1 aliphatic heterocycles. The number of allylic oxidation sites excluding steroid dienone is 1. The van der Waals surface area contributed by atoms with Gasteiger partial charge in [-0.05, 0) is 79.8 Å². The molecule has 1 atom stereocenters. The number of oxazole rings is 1. The third kappa shape index (κ3) is 4.05. The lowest BCUT2D eigenvalue weighted by atomic mass is 9.69. The van der Waals surface area contributed by atoms with Gasteiger partial charge >= 0.3 is 5.76 Å². The lowest BCUT2D eigenvalue weighted by molar-refractivity contribution is 0.0948. The monoisotopic (exact) mass is 429 g/mol. The van der Waals surface area contributed by atoms with E-state index in [1.54, 1.807) is 0 Å². The first-order valence-electron chi connectivity index (χ1n) is 11.3. The maximum absolute atomic E-state index is 12.4. The molecule has 2 heterocycles. The maximum Gasteiger partial charge on any atom is 0.417 e. The number of benzene rings is 2. The van der Waals surface area contributed by atoms with Crippen LogP contribution >= 0.6 is 0 Å². The van der Waals surface area contributed by atoms with E-state index in [-0.39, 0.29) is 11.4 Å². The van der Waals surface area contributed by atoms with Crippen molar-refractivity contribution >= 4 is 23.2 Å². The summed E-state index contributed by atoms with van der Waals surface area (Å²) in [5.74, 6) is 0.464. The number of nitrogens with one attached hydrogen (secondary N) is 2. The van der Waals surface area contributed by atoms with Crippen molar-refractivity contribution in [3.05, 3.63) is 82.4 Å². The van der Waals surface area contributed by atoms with Gasteiger partial charge in [0.25, 0.3) is 5.91 Å². The zero-order valence-electron chi connectivity index (χ0n) is 17.9. The van der Waals surface area contributed by atoms with Crippen molar-refractivity contribution in [1.29, 1.82) is 0 Å². The van der Waals surface area contributed by atoms with E-state index in [4.69, 9.17) is 9.41 Å². The normalized spacial score (nSPS) is 24.8. The van der Waals surface area contributed by atoms with Gasteiger partial charge in [-0.15, -0.1) is 0 Å². The minimum atomic E-state index is -0.409. The van der Waals surface area contributed by atoms with Crippen molar-refractivity contribution in [2.24, 2.45) is 10.9 Å². The van der Waals surface area contributed by atoms with Crippen molar-refractivity contribution in [3.8, 4) is 0 Å². The summed E-state index contributed by atoms with van der Waals surface area (Å²) in [6, 6.07) is 15.4. The second kappa shape index (κ2) is 8.61. The Hall–Kier alpha value is -3.41. The van der Waals surface area contributed by atoms with E-state index in [2.05, 4.69) is 22.4 Å². The van der Waals surface area contributed by atoms with Crippen LogP contribution in [0, 0.1) is 5.92 Å². The average Bonchev–Trinajstić information content (AvgIpc) is 3.45. The van der Waals surface area contributed by atoms with E-state index >= 15 is 0 Å². The SMILES string of the molecule is O=C(NCCC1(C2CCC(c3ccc4[nH]c(=O)oc4c3)CC2)C=CC=N1)c1ccccc1. The van der Waals surface area contributed by atoms with E-state index in [9.17, 15) is 9.59 Å². The Balaban J connectivity index is 1.21. The van der Waals surface area contributed by atoms with Crippen LogP contribution < -0.4 is 11.1 Å². The second-order valence-electron chi connectivity index (χ2n) is 8.82. The molecular formula is C26H27N3O3. The lowest BCUT2D eigenvalue weighted by Crippen LogP contribution is -2.39. The highest BCUT2D eigenvalue weighted by Gasteiger charge is 2.39. The molecule has 0 radical (unpaired) electrons. The van der Waals surface area contributed by atoms with Gasteiger partial charge < -0.3 is 9.73 Å². The third-order valence-electron chi connectivity index (χ3n) is 6.98. The minimum Gasteiger partial charge on any atom is -0.408 e. The first kappa shape index (κ1) is 20.5. The molecule has 1 amide bonds. The van der Waals surface area contributed by atoms with Crippen LogP contribution in [-0.2, 0) is 0 Å². The number of hydrogen-bond donors (Lipinski definition) is 2. The molecule has 1 aromatic heterocycles. The first-order valence-corrected chi connectivity index (χ1v) is 11.3. The van der Waals surface area contributed by atoms with E-state index in [1.807, 2.05) is 54.8 Å². The van der Waals surface area contributed by atoms with Crippen LogP contribution in [0.4, 0.5) is 0 Å². The fourth-order valence-electron chi connectivity index (χ4n) is 5.24. The molecule has 1 unspecified atom stereocenters. The van der Waals surface area contributed by atoms with Crippen molar-refractivity contribution in [2.45, 2.75) is 43.6 Å². The number of hydrogen-bond acceptors (Lipinski definition) is 4. The van der Waals surface area contributed by atoms with Gasteiger partial charge in [-0.1, -0.05) is 30.3 Å². The number of aromatic amines is 1. The Labute approximate surface area is 186 Å².